The summed E-state index contributed by atoms with van der Waals surface area (Å²) in [5.74, 6) is -2.59. The Morgan fingerprint density at radius 2 is 1.76 bits per heavy atom. The van der Waals surface area contributed by atoms with Crippen molar-refractivity contribution >= 4 is 29.4 Å². The lowest BCUT2D eigenvalue weighted by molar-refractivity contribution is -0.156. The number of amides is 2. The molecule has 0 aromatic carbocycles. The Balaban J connectivity index is 1.79. The van der Waals surface area contributed by atoms with Crippen LogP contribution in [0.2, 0.25) is 0 Å². The number of hydrogen-bond acceptors (Lipinski definition) is 8. The first-order valence-corrected chi connectivity index (χ1v) is 16.2. The molecule has 3 aliphatic rings. The summed E-state index contributed by atoms with van der Waals surface area (Å²) in [4.78, 5) is 63.8. The van der Waals surface area contributed by atoms with Gasteiger partial charge >= 0.3 is 5.97 Å². The van der Waals surface area contributed by atoms with E-state index in [4.69, 9.17) is 9.47 Å². The maximum atomic E-state index is 13.1. The molecule has 1 fully saturated rings. The van der Waals surface area contributed by atoms with Crippen LogP contribution in [0.15, 0.2) is 71.5 Å². The van der Waals surface area contributed by atoms with Crippen LogP contribution >= 0.6 is 0 Å². The van der Waals surface area contributed by atoms with Crippen molar-refractivity contribution in [3.63, 3.8) is 0 Å². The zero-order chi connectivity index (χ0) is 33.6. The molecular weight excluding hydrogens is 588 g/mol. The summed E-state index contributed by atoms with van der Waals surface area (Å²) in [6.07, 6.45) is 18.1. The molecule has 0 spiro atoms. The molecular formula is C36H48N2O8. The molecule has 10 nitrogen and oxygen atoms in total. The van der Waals surface area contributed by atoms with Gasteiger partial charge in [-0.1, -0.05) is 68.7 Å². The lowest BCUT2D eigenvalue weighted by Gasteiger charge is -2.29. The maximum Gasteiger partial charge on any atom is 0.328 e. The molecule has 3 rings (SSSR count). The Morgan fingerprint density at radius 1 is 1.04 bits per heavy atom. The maximum absolute atomic E-state index is 13.1. The van der Waals surface area contributed by atoms with E-state index in [1.165, 1.54) is 13.2 Å². The zero-order valence-corrected chi connectivity index (χ0v) is 27.3. The molecule has 0 unspecified atom stereocenters. The number of ketones is 2. The number of allylic oxidation sites excluding steroid dienone is 8. The minimum absolute atomic E-state index is 0.0567. The fourth-order valence-electron chi connectivity index (χ4n) is 5.73. The van der Waals surface area contributed by atoms with Gasteiger partial charge in [0, 0.05) is 37.0 Å². The first kappa shape index (κ1) is 36.6. The highest BCUT2D eigenvalue weighted by atomic mass is 16.5. The van der Waals surface area contributed by atoms with E-state index in [-0.39, 0.29) is 35.9 Å². The monoisotopic (exact) mass is 636 g/mol. The van der Waals surface area contributed by atoms with E-state index in [1.54, 1.807) is 57.2 Å². The molecule has 10 heteroatoms. The number of rotatable bonds is 5. The quantitative estimate of drug-likeness (QED) is 0.230. The Bertz CT molecular complexity index is 1310. The van der Waals surface area contributed by atoms with Crippen LogP contribution in [0.1, 0.15) is 78.6 Å². The Hall–Kier alpha value is -3.89. The number of esters is 1. The second kappa shape index (κ2) is 18.3. The molecule has 250 valence electrons. The van der Waals surface area contributed by atoms with Gasteiger partial charge in [-0.2, -0.15) is 0 Å². The van der Waals surface area contributed by atoms with Crippen molar-refractivity contribution in [3.05, 3.63) is 71.5 Å². The average molecular weight is 637 g/mol. The fraction of sp³-hybridized carbons (Fsp3) is 0.528. The predicted octanol–water partition coefficient (Wildman–Crippen LogP) is 4.26. The number of aliphatic hydroxyl groups is 1. The van der Waals surface area contributed by atoms with Crippen molar-refractivity contribution in [2.75, 3.05) is 7.11 Å². The summed E-state index contributed by atoms with van der Waals surface area (Å²) in [7, 11) is 1.47. The number of ether oxygens (including phenoxy) is 2. The first-order chi connectivity index (χ1) is 22.0. The minimum Gasteiger partial charge on any atom is -0.460 e. The van der Waals surface area contributed by atoms with Gasteiger partial charge in [-0.05, 0) is 51.2 Å². The van der Waals surface area contributed by atoms with Crippen molar-refractivity contribution in [1.82, 2.24) is 10.6 Å². The average Bonchev–Trinajstić information content (AvgIpc) is 3.04. The van der Waals surface area contributed by atoms with Crippen LogP contribution in [0.3, 0.4) is 0 Å². The van der Waals surface area contributed by atoms with Gasteiger partial charge in [0.2, 0.25) is 17.6 Å². The number of aliphatic hydroxyl groups excluding tert-OH is 1. The highest BCUT2D eigenvalue weighted by Crippen LogP contribution is 2.25. The molecule has 0 aromatic heterocycles. The molecule has 3 N–H and O–H groups in total. The van der Waals surface area contributed by atoms with E-state index in [0.717, 1.165) is 38.2 Å². The van der Waals surface area contributed by atoms with Gasteiger partial charge in [-0.3, -0.25) is 19.2 Å². The third-order valence-corrected chi connectivity index (χ3v) is 8.65. The summed E-state index contributed by atoms with van der Waals surface area (Å²) in [6, 6.07) is -0.840. The fourth-order valence-corrected chi connectivity index (χ4v) is 5.73. The van der Waals surface area contributed by atoms with Crippen LogP contribution < -0.4 is 10.6 Å². The summed E-state index contributed by atoms with van der Waals surface area (Å²) in [6.45, 7) is 5.16. The van der Waals surface area contributed by atoms with Crippen LogP contribution in [-0.2, 0) is 33.4 Å². The first-order valence-electron chi connectivity index (χ1n) is 16.2. The highest BCUT2D eigenvalue weighted by Gasteiger charge is 2.31. The summed E-state index contributed by atoms with van der Waals surface area (Å²) >= 11 is 0. The van der Waals surface area contributed by atoms with Crippen LogP contribution in [0, 0.1) is 11.8 Å². The molecule has 46 heavy (non-hydrogen) atoms. The number of methoxy groups -OCH3 is 1. The lowest BCUT2D eigenvalue weighted by Crippen LogP contribution is -2.45. The van der Waals surface area contributed by atoms with Crippen molar-refractivity contribution < 1.29 is 38.6 Å². The third-order valence-electron chi connectivity index (χ3n) is 8.65. The molecule has 0 radical (unpaired) electrons. The van der Waals surface area contributed by atoms with Gasteiger partial charge in [-0.25, -0.2) is 4.79 Å². The van der Waals surface area contributed by atoms with E-state index < -0.39 is 53.7 Å². The molecule has 1 aliphatic heterocycles. The van der Waals surface area contributed by atoms with E-state index >= 15 is 0 Å². The second-order valence-corrected chi connectivity index (χ2v) is 12.3. The van der Waals surface area contributed by atoms with Gasteiger partial charge in [0.15, 0.2) is 5.78 Å². The summed E-state index contributed by atoms with van der Waals surface area (Å²) < 4.78 is 11.3. The molecule has 2 aliphatic carbocycles. The molecule has 2 bridgehead atoms. The third kappa shape index (κ3) is 11.2. The van der Waals surface area contributed by atoms with Crippen LogP contribution in [-0.4, -0.2) is 65.9 Å². The van der Waals surface area contributed by atoms with Gasteiger partial charge in [0.05, 0.1) is 24.3 Å². The van der Waals surface area contributed by atoms with E-state index in [2.05, 4.69) is 10.6 Å². The number of nitrogens with one attached hydrogen (secondary N) is 2. The second-order valence-electron chi connectivity index (χ2n) is 12.3. The number of hydrogen-bond donors (Lipinski definition) is 3. The van der Waals surface area contributed by atoms with Crippen LogP contribution in [0.4, 0.5) is 0 Å². The molecule has 2 amide bonds. The number of Topliss-reactive ketones (excluding diaryl/α,β-unsaturated/α-hetero) is 1. The lowest BCUT2D eigenvalue weighted by atomic mass is 9.88. The summed E-state index contributed by atoms with van der Waals surface area (Å²) in [5.41, 5.74) is 0.803. The normalized spacial score (nSPS) is 29.8. The number of fused-ring (bicyclic) bond motifs is 2. The van der Waals surface area contributed by atoms with Crippen molar-refractivity contribution in [1.29, 1.82) is 0 Å². The molecule has 0 aromatic rings. The van der Waals surface area contributed by atoms with Crippen molar-refractivity contribution in [2.24, 2.45) is 11.8 Å². The molecule has 1 heterocycles. The van der Waals surface area contributed by atoms with Gasteiger partial charge in [0.25, 0.3) is 0 Å². The van der Waals surface area contributed by atoms with Gasteiger partial charge < -0.3 is 25.2 Å². The Labute approximate surface area is 271 Å². The topological polar surface area (TPSA) is 148 Å². The molecule has 0 saturated heterocycles. The van der Waals surface area contributed by atoms with E-state index in [0.29, 0.717) is 18.4 Å². The Morgan fingerprint density at radius 3 is 2.48 bits per heavy atom. The van der Waals surface area contributed by atoms with Crippen molar-refractivity contribution in [2.45, 2.75) is 103 Å². The minimum atomic E-state index is -0.968. The largest absolute Gasteiger partial charge is 0.460 e. The summed E-state index contributed by atoms with van der Waals surface area (Å²) in [5, 5.41) is 16.6. The van der Waals surface area contributed by atoms with Crippen molar-refractivity contribution in [3.8, 4) is 0 Å². The van der Waals surface area contributed by atoms with Gasteiger partial charge in [0.1, 0.15) is 12.1 Å². The van der Waals surface area contributed by atoms with E-state index in [9.17, 15) is 29.1 Å². The molecule has 5 atom stereocenters. The van der Waals surface area contributed by atoms with Crippen LogP contribution in [0.5, 0.6) is 0 Å². The predicted molar refractivity (Wildman–Crippen MR) is 174 cm³/mol. The number of carbonyl (C=O) groups is 5. The Kier molecular flexibility index (Phi) is 14.6. The molecule has 1 saturated carbocycles. The number of carbonyl (C=O) groups excluding carboxylic acids is 5. The smallest absolute Gasteiger partial charge is 0.328 e. The zero-order valence-electron chi connectivity index (χ0n) is 27.3. The van der Waals surface area contributed by atoms with Crippen LogP contribution in [0.25, 0.3) is 0 Å². The highest BCUT2D eigenvalue weighted by molar-refractivity contribution is 6.21. The van der Waals surface area contributed by atoms with Gasteiger partial charge in [-0.15, -0.1) is 0 Å². The SMILES string of the molecule is CO[C@H]1/C=C/C=C/C=C/C[C@H](OC(=O)[C@H](C)NC(=O)C2CCCCC2)[C@H](C)[C@@H](O)/C(C)=C\CCC2=CC(=O)C=C(NC(=O)C1)C2=O. The standard InChI is InChI=1S/C36H48N2O8/c1-23-14-13-17-27-20-28(39)21-30(34(27)42)38-32(40)22-29(45-4)18-11-6-5-7-12-19-31(24(2)33(23)41)46-36(44)25(3)37-35(43)26-15-9-8-10-16-26/h5-7,11-12,14,18,20-21,24-26,29,31,33,41H,8-10,13,15-17,19,22H2,1-4H3,(H,37,43)(H,38,40)/b6-5+,12-7+,18-11+,23-14-/t24-,25-,29-,31-,33-/m0/s1. The van der Waals surface area contributed by atoms with E-state index in [1.807, 2.05) is 6.08 Å².